The quantitative estimate of drug-likeness (QED) is 0.551. The van der Waals surface area contributed by atoms with Crippen LogP contribution in [0.15, 0.2) is 71.5 Å². The van der Waals surface area contributed by atoms with Gasteiger partial charge in [-0.2, -0.15) is 0 Å². The molecule has 130 valence electrons. The van der Waals surface area contributed by atoms with Crippen molar-refractivity contribution in [3.05, 3.63) is 67.1 Å². The third-order valence-electron chi connectivity index (χ3n) is 3.81. The minimum atomic E-state index is -1.13. The van der Waals surface area contributed by atoms with Crippen molar-refractivity contribution in [1.82, 2.24) is 9.97 Å². The van der Waals surface area contributed by atoms with Crippen molar-refractivity contribution in [2.75, 3.05) is 16.3 Å². The average Bonchev–Trinajstić information content (AvgIpc) is 3.09. The van der Waals surface area contributed by atoms with E-state index in [0.717, 1.165) is 27.7 Å². The highest BCUT2D eigenvalue weighted by Crippen LogP contribution is 2.27. The third kappa shape index (κ3) is 3.57. The monoisotopic (exact) mass is 364 g/mol. The number of pyridine rings is 1. The predicted octanol–water partition coefficient (Wildman–Crippen LogP) is 4.34. The van der Waals surface area contributed by atoms with E-state index in [1.807, 2.05) is 54.7 Å². The average molecular weight is 364 g/mol. The summed E-state index contributed by atoms with van der Waals surface area (Å²) in [5.41, 5.74) is 2.49. The van der Waals surface area contributed by atoms with Gasteiger partial charge in [0, 0.05) is 41.0 Å². The number of fused-ring (bicyclic) bond motifs is 1. The highest BCUT2D eigenvalue weighted by atomic mass is 32.2. The molecule has 26 heavy (non-hydrogen) atoms. The largest absolute Gasteiger partial charge is 0.423 e. The fourth-order valence-electron chi connectivity index (χ4n) is 2.65. The van der Waals surface area contributed by atoms with Gasteiger partial charge in [-0.15, -0.1) is 0 Å². The van der Waals surface area contributed by atoms with Gasteiger partial charge >= 0.3 is 0 Å². The molecule has 7 heteroatoms. The van der Waals surface area contributed by atoms with E-state index in [1.165, 1.54) is 0 Å². The van der Waals surface area contributed by atoms with E-state index in [9.17, 15) is 4.21 Å². The smallest absolute Gasteiger partial charge is 0.299 e. The Bertz CT molecular complexity index is 1090. The summed E-state index contributed by atoms with van der Waals surface area (Å²) in [4.78, 5) is 8.41. The van der Waals surface area contributed by atoms with Crippen molar-refractivity contribution in [2.24, 2.45) is 0 Å². The molecule has 0 aliphatic carbocycles. The maximum Gasteiger partial charge on any atom is 0.299 e. The maximum absolute atomic E-state index is 11.3. The van der Waals surface area contributed by atoms with E-state index in [4.69, 9.17) is 4.42 Å². The number of hydrogen-bond acceptors (Lipinski definition) is 5. The molecule has 0 amide bonds. The molecule has 2 N–H and O–H groups in total. The van der Waals surface area contributed by atoms with E-state index in [2.05, 4.69) is 20.0 Å². The van der Waals surface area contributed by atoms with E-state index >= 15 is 0 Å². The first-order valence-corrected chi connectivity index (χ1v) is 9.50. The van der Waals surface area contributed by atoms with Crippen LogP contribution in [0, 0.1) is 0 Å². The lowest BCUT2D eigenvalue weighted by Crippen LogP contribution is -2.01. The van der Waals surface area contributed by atoms with Gasteiger partial charge in [0.05, 0.1) is 6.20 Å². The Morgan fingerprint density at radius 3 is 2.77 bits per heavy atom. The lowest BCUT2D eigenvalue weighted by atomic mass is 10.1. The normalized spacial score (nSPS) is 12.0. The van der Waals surface area contributed by atoms with E-state index in [0.29, 0.717) is 11.8 Å². The second kappa shape index (κ2) is 6.97. The summed E-state index contributed by atoms with van der Waals surface area (Å²) < 4.78 is 20.0. The molecule has 1 atom stereocenters. The van der Waals surface area contributed by atoms with Crippen molar-refractivity contribution in [3.63, 3.8) is 0 Å². The molecule has 2 aromatic heterocycles. The summed E-state index contributed by atoms with van der Waals surface area (Å²) in [5, 5.41) is 5.29. The first-order valence-electron chi connectivity index (χ1n) is 7.94. The Morgan fingerprint density at radius 2 is 1.88 bits per heavy atom. The zero-order valence-electron chi connectivity index (χ0n) is 14.0. The first kappa shape index (κ1) is 16.3. The van der Waals surface area contributed by atoms with E-state index < -0.39 is 11.0 Å². The number of hydrogen-bond donors (Lipinski definition) is 2. The minimum absolute atomic E-state index is 0.393. The highest BCUT2D eigenvalue weighted by molar-refractivity contribution is 7.85. The summed E-state index contributed by atoms with van der Waals surface area (Å²) in [6, 6.07) is 15.8. The number of nitrogens with one attached hydrogen (secondary N) is 2. The maximum atomic E-state index is 11.3. The molecule has 4 aromatic rings. The molecule has 0 saturated carbocycles. The zero-order chi connectivity index (χ0) is 17.9. The lowest BCUT2D eigenvalue weighted by molar-refractivity contribution is 0.592. The number of oxazole rings is 1. The molecular weight excluding hydrogens is 348 g/mol. The van der Waals surface area contributed by atoms with E-state index in [1.54, 1.807) is 18.6 Å². The van der Waals surface area contributed by atoms with Gasteiger partial charge in [-0.3, -0.25) is 4.98 Å². The fourth-order valence-corrected chi connectivity index (χ4v) is 3.11. The second-order valence-corrected chi connectivity index (χ2v) is 6.84. The van der Waals surface area contributed by atoms with Crippen LogP contribution >= 0.6 is 0 Å². The Kier molecular flexibility index (Phi) is 4.37. The van der Waals surface area contributed by atoms with Crippen molar-refractivity contribution in [1.29, 1.82) is 0 Å². The fraction of sp³-hybridized carbons (Fsp3) is 0.0526. The molecule has 0 fully saturated rings. The van der Waals surface area contributed by atoms with Crippen LogP contribution in [0.5, 0.6) is 0 Å². The molecule has 0 spiro atoms. The van der Waals surface area contributed by atoms with Crippen LogP contribution in [0.3, 0.4) is 0 Å². The van der Waals surface area contributed by atoms with Gasteiger partial charge in [-0.05, 0) is 35.7 Å². The zero-order valence-corrected chi connectivity index (χ0v) is 14.8. The molecule has 2 heterocycles. The van der Waals surface area contributed by atoms with E-state index in [-0.39, 0.29) is 0 Å². The molecule has 0 saturated heterocycles. The van der Waals surface area contributed by atoms with Gasteiger partial charge in [0.25, 0.3) is 6.01 Å². The molecule has 0 bridgehead atoms. The van der Waals surface area contributed by atoms with Gasteiger partial charge in [0.2, 0.25) is 0 Å². The Morgan fingerprint density at radius 1 is 1.00 bits per heavy atom. The minimum Gasteiger partial charge on any atom is -0.423 e. The second-order valence-electron chi connectivity index (χ2n) is 5.73. The van der Waals surface area contributed by atoms with Crippen molar-refractivity contribution in [3.8, 4) is 11.3 Å². The Labute approximate surface area is 152 Å². The number of benzene rings is 2. The summed E-state index contributed by atoms with van der Waals surface area (Å²) >= 11 is 0. The molecule has 0 aliphatic rings. The van der Waals surface area contributed by atoms with Crippen LogP contribution in [-0.2, 0) is 11.0 Å². The summed E-state index contributed by atoms with van der Waals surface area (Å²) in [6.07, 6.45) is 6.87. The van der Waals surface area contributed by atoms with Gasteiger partial charge in [0.15, 0.2) is 5.76 Å². The van der Waals surface area contributed by atoms with Crippen molar-refractivity contribution in [2.45, 2.75) is 0 Å². The van der Waals surface area contributed by atoms with Crippen molar-refractivity contribution >= 4 is 39.1 Å². The standard InChI is InChI=1S/C19H16N4O2S/c1-26(24)23-17-4-2-3-16(10-17)22-19-21-12-18(25-19)14-5-6-15-11-20-8-7-13(15)9-14/h2-12,23H,1H3,(H,21,22). The number of anilines is 3. The van der Waals surface area contributed by atoms with Crippen LogP contribution in [0.25, 0.3) is 22.1 Å². The number of nitrogens with zero attached hydrogens (tertiary/aromatic N) is 2. The van der Waals surface area contributed by atoms with Crippen molar-refractivity contribution < 1.29 is 8.63 Å². The van der Waals surface area contributed by atoms with Crippen LogP contribution in [-0.4, -0.2) is 20.4 Å². The van der Waals surface area contributed by atoms with Gasteiger partial charge in [-0.1, -0.05) is 18.2 Å². The molecule has 2 aromatic carbocycles. The third-order valence-corrected chi connectivity index (χ3v) is 4.33. The molecule has 1 unspecified atom stereocenters. The first-order chi connectivity index (χ1) is 12.7. The SMILES string of the molecule is CS(=O)Nc1cccc(Nc2ncc(-c3ccc4cnccc4c3)o2)c1. The molecule has 0 aliphatic heterocycles. The number of rotatable bonds is 5. The highest BCUT2D eigenvalue weighted by Gasteiger charge is 2.08. The predicted molar refractivity (Wildman–Crippen MR) is 105 cm³/mol. The van der Waals surface area contributed by atoms with Crippen LogP contribution in [0.2, 0.25) is 0 Å². The summed E-state index contributed by atoms with van der Waals surface area (Å²) in [7, 11) is -1.13. The molecule has 6 nitrogen and oxygen atoms in total. The van der Waals surface area contributed by atoms with Gasteiger partial charge < -0.3 is 14.5 Å². The molecular formula is C19H16N4O2S. The molecule has 0 radical (unpaired) electrons. The Hall–Kier alpha value is -3.19. The van der Waals surface area contributed by atoms with Gasteiger partial charge in [-0.25, -0.2) is 9.19 Å². The van der Waals surface area contributed by atoms with Crippen LogP contribution in [0.4, 0.5) is 17.4 Å². The van der Waals surface area contributed by atoms with Gasteiger partial charge in [0.1, 0.15) is 11.0 Å². The van der Waals surface area contributed by atoms with Crippen LogP contribution in [0.1, 0.15) is 0 Å². The van der Waals surface area contributed by atoms with Crippen LogP contribution < -0.4 is 10.0 Å². The summed E-state index contributed by atoms with van der Waals surface area (Å²) in [5.74, 6) is 0.676. The number of aromatic nitrogens is 2. The Balaban J connectivity index is 1.56. The topological polar surface area (TPSA) is 80.0 Å². The lowest BCUT2D eigenvalue weighted by Gasteiger charge is -2.06. The molecule has 4 rings (SSSR count). The summed E-state index contributed by atoms with van der Waals surface area (Å²) in [6.45, 7) is 0.